The second kappa shape index (κ2) is 5.93. The number of benzene rings is 1. The number of aliphatic hydroxyl groups is 1. The van der Waals surface area contributed by atoms with Gasteiger partial charge in [0.2, 0.25) is 0 Å². The van der Waals surface area contributed by atoms with E-state index in [1.807, 2.05) is 0 Å². The zero-order valence-electron chi connectivity index (χ0n) is 10.2. The van der Waals surface area contributed by atoms with E-state index in [1.165, 1.54) is 25.0 Å². The zero-order chi connectivity index (χ0) is 13.0. The van der Waals surface area contributed by atoms with Crippen LogP contribution in [-0.4, -0.2) is 22.6 Å². The van der Waals surface area contributed by atoms with E-state index in [0.717, 1.165) is 18.5 Å². The number of aliphatic hydroxyl groups excluding tert-OH is 1. The lowest BCUT2D eigenvalue weighted by molar-refractivity contribution is -0.384. The Hall–Kier alpha value is -1.46. The van der Waals surface area contributed by atoms with Crippen LogP contribution in [0, 0.1) is 10.1 Å². The summed E-state index contributed by atoms with van der Waals surface area (Å²) in [5, 5.41) is 24.0. The maximum atomic E-state index is 10.5. The topological polar surface area (TPSA) is 75.4 Å². The van der Waals surface area contributed by atoms with Crippen molar-refractivity contribution in [3.63, 3.8) is 0 Å². The first-order valence-electron chi connectivity index (χ1n) is 6.32. The summed E-state index contributed by atoms with van der Waals surface area (Å²) in [6, 6.07) is 6.49. The molecule has 0 aromatic heterocycles. The van der Waals surface area contributed by atoms with Crippen molar-refractivity contribution < 1.29 is 10.0 Å². The molecule has 1 saturated heterocycles. The van der Waals surface area contributed by atoms with Gasteiger partial charge in [-0.3, -0.25) is 10.1 Å². The number of hydrogen-bond donors (Lipinski definition) is 2. The molecular weight excluding hydrogens is 232 g/mol. The normalized spacial score (nSPS) is 21.5. The van der Waals surface area contributed by atoms with Crippen molar-refractivity contribution >= 4 is 5.69 Å². The summed E-state index contributed by atoms with van der Waals surface area (Å²) >= 11 is 0. The molecule has 2 rings (SSSR count). The van der Waals surface area contributed by atoms with Crippen molar-refractivity contribution in [2.75, 3.05) is 6.54 Å². The molecule has 1 heterocycles. The summed E-state index contributed by atoms with van der Waals surface area (Å²) in [5.41, 5.74) is 0.801. The summed E-state index contributed by atoms with van der Waals surface area (Å²) in [7, 11) is 0. The summed E-state index contributed by atoms with van der Waals surface area (Å²) in [6.07, 6.45) is 3.60. The van der Waals surface area contributed by atoms with Crippen LogP contribution in [0.4, 0.5) is 5.69 Å². The Balaban J connectivity index is 1.95. The van der Waals surface area contributed by atoms with Crippen molar-refractivity contribution in [1.29, 1.82) is 0 Å². The number of piperidine rings is 1. The van der Waals surface area contributed by atoms with Gasteiger partial charge in [-0.25, -0.2) is 0 Å². The van der Waals surface area contributed by atoms with Crippen LogP contribution < -0.4 is 5.32 Å². The van der Waals surface area contributed by atoms with Crippen molar-refractivity contribution in [1.82, 2.24) is 5.32 Å². The average Bonchev–Trinajstić information content (AvgIpc) is 2.40. The van der Waals surface area contributed by atoms with Crippen molar-refractivity contribution in [3.8, 4) is 0 Å². The van der Waals surface area contributed by atoms with Gasteiger partial charge in [-0.1, -0.05) is 6.42 Å². The predicted molar refractivity (Wildman–Crippen MR) is 68.3 cm³/mol. The quantitative estimate of drug-likeness (QED) is 0.634. The van der Waals surface area contributed by atoms with Crippen LogP contribution in [0.1, 0.15) is 37.4 Å². The Morgan fingerprint density at radius 3 is 2.67 bits per heavy atom. The van der Waals surface area contributed by atoms with Crippen LogP contribution in [-0.2, 0) is 0 Å². The van der Waals surface area contributed by atoms with Crippen LogP contribution in [0.15, 0.2) is 24.3 Å². The van der Waals surface area contributed by atoms with Gasteiger partial charge in [0.25, 0.3) is 5.69 Å². The fraction of sp³-hybridized carbons (Fsp3) is 0.538. The van der Waals surface area contributed by atoms with Gasteiger partial charge in [0.05, 0.1) is 11.0 Å². The van der Waals surface area contributed by atoms with E-state index in [0.29, 0.717) is 12.5 Å². The number of non-ortho nitro benzene ring substituents is 1. The van der Waals surface area contributed by atoms with Gasteiger partial charge in [-0.15, -0.1) is 0 Å². The number of nitro groups is 1. The zero-order valence-corrected chi connectivity index (χ0v) is 10.2. The molecule has 5 nitrogen and oxygen atoms in total. The van der Waals surface area contributed by atoms with Crippen molar-refractivity contribution in [3.05, 3.63) is 39.9 Å². The highest BCUT2D eigenvalue weighted by Gasteiger charge is 2.18. The first-order valence-corrected chi connectivity index (χ1v) is 6.32. The molecule has 1 aliphatic heterocycles. The van der Waals surface area contributed by atoms with E-state index >= 15 is 0 Å². The average molecular weight is 250 g/mol. The van der Waals surface area contributed by atoms with Crippen molar-refractivity contribution in [2.45, 2.75) is 37.8 Å². The molecule has 18 heavy (non-hydrogen) atoms. The molecule has 0 aliphatic carbocycles. The SMILES string of the molecule is O=[N+]([O-])c1ccc(C(O)CC2CCCCN2)cc1. The standard InChI is InChI=1S/C13H18N2O3/c16-13(9-11-3-1-2-8-14-11)10-4-6-12(7-5-10)15(17)18/h4-7,11,13-14,16H,1-3,8-9H2. The molecule has 0 amide bonds. The van der Waals surface area contributed by atoms with Gasteiger partial charge in [0, 0.05) is 18.2 Å². The molecule has 2 unspecified atom stereocenters. The number of nitro benzene ring substituents is 1. The number of rotatable bonds is 4. The minimum atomic E-state index is -0.554. The fourth-order valence-electron chi connectivity index (χ4n) is 2.35. The molecule has 0 saturated carbocycles. The Kier molecular flexibility index (Phi) is 4.28. The number of hydrogen-bond acceptors (Lipinski definition) is 4. The van der Waals surface area contributed by atoms with Gasteiger partial charge < -0.3 is 10.4 Å². The third-order valence-electron chi connectivity index (χ3n) is 3.41. The van der Waals surface area contributed by atoms with Crippen LogP contribution >= 0.6 is 0 Å². The van der Waals surface area contributed by atoms with Gasteiger partial charge in [-0.05, 0) is 43.5 Å². The van der Waals surface area contributed by atoms with Crippen LogP contribution in [0.2, 0.25) is 0 Å². The van der Waals surface area contributed by atoms with Gasteiger partial charge >= 0.3 is 0 Å². The second-order valence-electron chi connectivity index (χ2n) is 4.75. The molecule has 0 bridgehead atoms. The monoisotopic (exact) mass is 250 g/mol. The van der Waals surface area contributed by atoms with E-state index in [2.05, 4.69) is 5.32 Å². The number of nitrogens with zero attached hydrogens (tertiary/aromatic N) is 1. The third kappa shape index (κ3) is 3.27. The molecule has 1 aliphatic rings. The van der Waals surface area contributed by atoms with E-state index in [1.54, 1.807) is 12.1 Å². The van der Waals surface area contributed by atoms with E-state index in [4.69, 9.17) is 0 Å². The molecule has 2 atom stereocenters. The lowest BCUT2D eigenvalue weighted by Crippen LogP contribution is -2.35. The summed E-state index contributed by atoms with van der Waals surface area (Å²) in [4.78, 5) is 10.1. The minimum Gasteiger partial charge on any atom is -0.388 e. The van der Waals surface area contributed by atoms with Crippen LogP contribution in [0.5, 0.6) is 0 Å². The Bertz CT molecular complexity index is 399. The van der Waals surface area contributed by atoms with Crippen molar-refractivity contribution in [2.24, 2.45) is 0 Å². The summed E-state index contributed by atoms with van der Waals surface area (Å²) in [6.45, 7) is 1.01. The summed E-state index contributed by atoms with van der Waals surface area (Å²) < 4.78 is 0. The smallest absolute Gasteiger partial charge is 0.269 e. The maximum Gasteiger partial charge on any atom is 0.269 e. The molecule has 0 radical (unpaired) electrons. The largest absolute Gasteiger partial charge is 0.388 e. The first kappa shape index (κ1) is 13.0. The van der Waals surface area contributed by atoms with E-state index in [9.17, 15) is 15.2 Å². The maximum absolute atomic E-state index is 10.5. The lowest BCUT2D eigenvalue weighted by Gasteiger charge is -2.25. The predicted octanol–water partition coefficient (Wildman–Crippen LogP) is 2.16. The molecule has 5 heteroatoms. The Labute approximate surface area is 106 Å². The Morgan fingerprint density at radius 1 is 1.39 bits per heavy atom. The third-order valence-corrected chi connectivity index (χ3v) is 3.41. The summed E-state index contributed by atoms with van der Waals surface area (Å²) in [5.74, 6) is 0. The molecule has 1 fully saturated rings. The van der Waals surface area contributed by atoms with E-state index in [-0.39, 0.29) is 5.69 Å². The second-order valence-corrected chi connectivity index (χ2v) is 4.75. The van der Waals surface area contributed by atoms with Crippen LogP contribution in [0.25, 0.3) is 0 Å². The van der Waals surface area contributed by atoms with E-state index < -0.39 is 11.0 Å². The number of nitrogens with one attached hydrogen (secondary N) is 1. The molecule has 98 valence electrons. The van der Waals surface area contributed by atoms with Gasteiger partial charge in [0.15, 0.2) is 0 Å². The highest BCUT2D eigenvalue weighted by atomic mass is 16.6. The molecule has 1 aromatic rings. The highest BCUT2D eigenvalue weighted by Crippen LogP contribution is 2.23. The molecule has 2 N–H and O–H groups in total. The minimum absolute atomic E-state index is 0.0572. The van der Waals surface area contributed by atoms with Crippen LogP contribution in [0.3, 0.4) is 0 Å². The van der Waals surface area contributed by atoms with Gasteiger partial charge in [-0.2, -0.15) is 0 Å². The van der Waals surface area contributed by atoms with Gasteiger partial charge in [0.1, 0.15) is 0 Å². The fourth-order valence-corrected chi connectivity index (χ4v) is 2.35. The lowest BCUT2D eigenvalue weighted by atomic mass is 9.96. The highest BCUT2D eigenvalue weighted by molar-refractivity contribution is 5.33. The Morgan fingerprint density at radius 2 is 2.11 bits per heavy atom. The first-order chi connectivity index (χ1) is 8.66. The molecule has 0 spiro atoms. The molecular formula is C13H18N2O3. The molecule has 1 aromatic carbocycles.